The van der Waals surface area contributed by atoms with E-state index in [0.717, 1.165) is 0 Å². The smallest absolute Gasteiger partial charge is 0.309 e. The molecule has 0 saturated carbocycles. The average molecular weight is 444 g/mol. The summed E-state index contributed by atoms with van der Waals surface area (Å²) in [4.78, 5) is 49.8. The number of hydrogen-bond donors (Lipinski definition) is 2. The Bertz CT molecular complexity index is 953. The molecule has 0 radical (unpaired) electrons. The molecule has 3 N–H and O–H groups in total. The van der Waals surface area contributed by atoms with E-state index in [-0.39, 0.29) is 23.6 Å². The van der Waals surface area contributed by atoms with E-state index in [2.05, 4.69) is 20.3 Å². The highest BCUT2D eigenvalue weighted by Gasteiger charge is 2.27. The van der Waals surface area contributed by atoms with Crippen molar-refractivity contribution in [1.29, 1.82) is 0 Å². The van der Waals surface area contributed by atoms with Gasteiger partial charge in [-0.05, 0) is 25.0 Å². The summed E-state index contributed by atoms with van der Waals surface area (Å²) in [6.07, 6.45) is 2.53. The van der Waals surface area contributed by atoms with E-state index in [0.29, 0.717) is 37.3 Å². The molecule has 12 nitrogen and oxygen atoms in total. The first-order valence-electron chi connectivity index (χ1n) is 9.84. The van der Waals surface area contributed by atoms with Crippen molar-refractivity contribution in [3.63, 3.8) is 0 Å². The van der Waals surface area contributed by atoms with Gasteiger partial charge in [-0.25, -0.2) is 4.98 Å². The van der Waals surface area contributed by atoms with E-state index in [4.69, 9.17) is 19.9 Å². The van der Waals surface area contributed by atoms with Crippen molar-refractivity contribution in [3.8, 4) is 11.8 Å². The average Bonchev–Trinajstić information content (AvgIpc) is 2.82. The van der Waals surface area contributed by atoms with Gasteiger partial charge in [0.25, 0.3) is 5.91 Å². The lowest BCUT2D eigenvalue weighted by molar-refractivity contribution is -0.152. The van der Waals surface area contributed by atoms with E-state index in [1.807, 2.05) is 4.90 Å². The molecule has 12 heteroatoms. The van der Waals surface area contributed by atoms with Crippen molar-refractivity contribution in [2.75, 3.05) is 44.1 Å². The zero-order valence-corrected chi connectivity index (χ0v) is 17.7. The number of ether oxygens (including phenoxy) is 3. The number of pyridine rings is 1. The highest BCUT2D eigenvalue weighted by molar-refractivity contribution is 5.92. The highest BCUT2D eigenvalue weighted by Crippen LogP contribution is 2.23. The van der Waals surface area contributed by atoms with Crippen LogP contribution in [0.1, 0.15) is 23.2 Å². The molecular weight excluding hydrogens is 420 g/mol. The number of amides is 2. The van der Waals surface area contributed by atoms with Crippen molar-refractivity contribution in [3.05, 3.63) is 30.0 Å². The molecule has 0 aromatic carbocycles. The number of nitrogens with one attached hydrogen (secondary N) is 1. The standard InChI is InChI=1S/C20H24N6O6/c1-30-16-9-17(31-2)25-20(24-16)23-15(27)11-32-19(29)12-5-7-26(8-6-12)14-4-3-13(10-22-14)18(21)28/h3-4,9-10,12H,5-8,11H2,1-2H3,(H2,21,28)(H,23,24,25,27). The van der Waals surface area contributed by atoms with E-state index in [1.54, 1.807) is 12.1 Å². The second-order valence-corrected chi connectivity index (χ2v) is 6.96. The third-order valence-electron chi connectivity index (χ3n) is 4.88. The molecule has 0 aliphatic carbocycles. The van der Waals surface area contributed by atoms with Gasteiger partial charge in [-0.3, -0.25) is 19.7 Å². The normalized spacial score (nSPS) is 13.9. The number of nitrogens with two attached hydrogens (primary N) is 1. The molecule has 170 valence electrons. The van der Waals surface area contributed by atoms with Gasteiger partial charge in [0, 0.05) is 19.3 Å². The van der Waals surface area contributed by atoms with Crippen LogP contribution >= 0.6 is 0 Å². The molecule has 2 aromatic heterocycles. The molecule has 2 aromatic rings. The van der Waals surface area contributed by atoms with Crippen molar-refractivity contribution in [2.24, 2.45) is 11.7 Å². The van der Waals surface area contributed by atoms with Gasteiger partial charge in [0.05, 0.1) is 31.8 Å². The lowest BCUT2D eigenvalue weighted by Crippen LogP contribution is -2.38. The van der Waals surface area contributed by atoms with Crippen LogP contribution in [0.5, 0.6) is 11.8 Å². The second kappa shape index (κ2) is 10.4. The van der Waals surface area contributed by atoms with E-state index in [9.17, 15) is 14.4 Å². The Labute approximate surface area is 184 Å². The zero-order valence-electron chi connectivity index (χ0n) is 17.7. The molecule has 1 saturated heterocycles. The molecule has 1 aliphatic rings. The molecule has 1 aliphatic heterocycles. The molecular formula is C20H24N6O6. The maximum atomic E-state index is 12.4. The predicted octanol–water partition coefficient (Wildman–Crippen LogP) is 0.386. The minimum Gasteiger partial charge on any atom is -0.481 e. The highest BCUT2D eigenvalue weighted by atomic mass is 16.5. The molecule has 0 unspecified atom stereocenters. The van der Waals surface area contributed by atoms with Crippen LogP contribution in [0.25, 0.3) is 0 Å². The van der Waals surface area contributed by atoms with Gasteiger partial charge < -0.3 is 24.8 Å². The Morgan fingerprint density at radius 1 is 1.12 bits per heavy atom. The third-order valence-corrected chi connectivity index (χ3v) is 4.88. The fourth-order valence-corrected chi connectivity index (χ4v) is 3.15. The number of piperidine rings is 1. The number of primary amides is 1. The van der Waals surface area contributed by atoms with Crippen molar-refractivity contribution < 1.29 is 28.6 Å². The molecule has 32 heavy (non-hydrogen) atoms. The van der Waals surface area contributed by atoms with Crippen LogP contribution in [0.2, 0.25) is 0 Å². The Kier molecular flexibility index (Phi) is 7.37. The molecule has 3 heterocycles. The van der Waals surface area contributed by atoms with Gasteiger partial charge in [-0.1, -0.05) is 0 Å². The summed E-state index contributed by atoms with van der Waals surface area (Å²) in [5, 5.41) is 2.44. The summed E-state index contributed by atoms with van der Waals surface area (Å²) in [5.41, 5.74) is 5.56. The maximum absolute atomic E-state index is 12.4. The number of aromatic nitrogens is 3. The van der Waals surface area contributed by atoms with Gasteiger partial charge in [-0.15, -0.1) is 0 Å². The van der Waals surface area contributed by atoms with Gasteiger partial charge >= 0.3 is 5.97 Å². The number of hydrogen-bond acceptors (Lipinski definition) is 10. The second-order valence-electron chi connectivity index (χ2n) is 6.96. The number of nitrogens with zero attached hydrogens (tertiary/aromatic N) is 4. The molecule has 0 atom stereocenters. The summed E-state index contributed by atoms with van der Waals surface area (Å²) in [6.45, 7) is 0.719. The first-order chi connectivity index (χ1) is 15.4. The van der Waals surface area contributed by atoms with E-state index in [1.165, 1.54) is 26.5 Å². The number of esters is 1. The molecule has 1 fully saturated rings. The van der Waals surface area contributed by atoms with Gasteiger partial charge in [-0.2, -0.15) is 9.97 Å². The largest absolute Gasteiger partial charge is 0.481 e. The molecule has 2 amide bonds. The van der Waals surface area contributed by atoms with Crippen LogP contribution in [0.15, 0.2) is 24.4 Å². The summed E-state index contributed by atoms with van der Waals surface area (Å²) in [5.74, 6) is -0.765. The monoisotopic (exact) mass is 444 g/mol. The molecule has 3 rings (SSSR count). The zero-order chi connectivity index (χ0) is 23.1. The fraction of sp³-hybridized carbons (Fsp3) is 0.400. The van der Waals surface area contributed by atoms with Crippen LogP contribution in [0, 0.1) is 5.92 Å². The Balaban J connectivity index is 1.46. The van der Waals surface area contributed by atoms with Gasteiger partial charge in [0.2, 0.25) is 23.6 Å². The van der Waals surface area contributed by atoms with Crippen LogP contribution in [-0.4, -0.2) is 66.7 Å². The predicted molar refractivity (Wildman–Crippen MR) is 112 cm³/mol. The minimum absolute atomic E-state index is 0.0228. The third kappa shape index (κ3) is 5.80. The first kappa shape index (κ1) is 22.7. The van der Waals surface area contributed by atoms with Crippen molar-refractivity contribution in [1.82, 2.24) is 15.0 Å². The lowest BCUT2D eigenvalue weighted by atomic mass is 9.97. The summed E-state index contributed by atoms with van der Waals surface area (Å²) in [7, 11) is 2.85. The minimum atomic E-state index is -0.579. The van der Waals surface area contributed by atoms with Gasteiger partial charge in [0.15, 0.2) is 6.61 Å². The summed E-state index contributed by atoms with van der Waals surface area (Å²) >= 11 is 0. The SMILES string of the molecule is COc1cc(OC)nc(NC(=O)COC(=O)C2CCN(c3ccc(C(N)=O)cn3)CC2)n1. The first-order valence-corrected chi connectivity index (χ1v) is 9.84. The fourth-order valence-electron chi connectivity index (χ4n) is 3.15. The number of carbonyl (C=O) groups excluding carboxylic acids is 3. The Morgan fingerprint density at radius 3 is 2.31 bits per heavy atom. The van der Waals surface area contributed by atoms with Crippen LogP contribution in [0.3, 0.4) is 0 Å². The molecule has 0 spiro atoms. The lowest BCUT2D eigenvalue weighted by Gasteiger charge is -2.31. The topological polar surface area (TPSA) is 159 Å². The van der Waals surface area contributed by atoms with Crippen LogP contribution in [-0.2, 0) is 14.3 Å². The number of carbonyl (C=O) groups is 3. The molecule has 0 bridgehead atoms. The van der Waals surface area contributed by atoms with Crippen molar-refractivity contribution in [2.45, 2.75) is 12.8 Å². The Morgan fingerprint density at radius 2 is 1.78 bits per heavy atom. The van der Waals surface area contributed by atoms with E-state index >= 15 is 0 Å². The number of methoxy groups -OCH3 is 2. The number of anilines is 2. The Hall–Kier alpha value is -3.96. The quantitative estimate of drug-likeness (QED) is 0.545. The number of rotatable bonds is 8. The van der Waals surface area contributed by atoms with Crippen LogP contribution in [0.4, 0.5) is 11.8 Å². The van der Waals surface area contributed by atoms with Crippen LogP contribution < -0.4 is 25.4 Å². The van der Waals surface area contributed by atoms with E-state index < -0.39 is 24.4 Å². The van der Waals surface area contributed by atoms with Crippen molar-refractivity contribution >= 4 is 29.5 Å². The van der Waals surface area contributed by atoms with Gasteiger partial charge in [0.1, 0.15) is 5.82 Å². The maximum Gasteiger partial charge on any atom is 0.309 e. The summed E-state index contributed by atoms with van der Waals surface area (Å²) < 4.78 is 15.2. The summed E-state index contributed by atoms with van der Waals surface area (Å²) in [6, 6.07) is 4.80.